The zero-order valence-corrected chi connectivity index (χ0v) is 33.3. The predicted octanol–water partition coefficient (Wildman–Crippen LogP) is 6.06. The summed E-state index contributed by atoms with van der Waals surface area (Å²) in [5.41, 5.74) is -2.71. The molecule has 1 aromatic carbocycles. The highest BCUT2D eigenvalue weighted by Gasteiger charge is 2.59. The van der Waals surface area contributed by atoms with Gasteiger partial charge in [-0.2, -0.15) is 0 Å². The van der Waals surface area contributed by atoms with Crippen LogP contribution >= 0.6 is 0 Å². The Hall–Kier alpha value is -4.42. The Bertz CT molecular complexity index is 1530. The highest BCUT2D eigenvalue weighted by atomic mass is 16.6. The van der Waals surface area contributed by atoms with Gasteiger partial charge in [-0.1, -0.05) is 36.4 Å². The van der Waals surface area contributed by atoms with Gasteiger partial charge in [-0.05, 0) is 101 Å². The van der Waals surface area contributed by atoms with Crippen LogP contribution in [-0.4, -0.2) is 92.2 Å². The summed E-state index contributed by atoms with van der Waals surface area (Å²) in [4.78, 5) is 84.9. The minimum Gasteiger partial charge on any atom is -0.460 e. The molecule has 2 amide bonds. The number of carbonyl (C=O) groups excluding carboxylic acids is 6. The molecule has 2 fully saturated rings. The number of hydrogen-bond acceptors (Lipinski definition) is 11. The molecule has 294 valence electrons. The van der Waals surface area contributed by atoms with Crippen molar-refractivity contribution in [3.05, 3.63) is 48.0 Å². The van der Waals surface area contributed by atoms with Crippen molar-refractivity contribution in [1.82, 2.24) is 9.80 Å². The molecule has 2 heterocycles. The van der Waals surface area contributed by atoms with Crippen molar-refractivity contribution >= 4 is 35.9 Å². The molecule has 2 aliphatic heterocycles. The van der Waals surface area contributed by atoms with E-state index in [0.717, 1.165) is 0 Å². The molecule has 53 heavy (non-hydrogen) atoms. The van der Waals surface area contributed by atoms with Gasteiger partial charge in [-0.3, -0.25) is 19.3 Å². The second-order valence-corrected chi connectivity index (χ2v) is 17.5. The number of amides is 2. The Morgan fingerprint density at radius 2 is 1.30 bits per heavy atom. The van der Waals surface area contributed by atoms with E-state index in [1.54, 1.807) is 107 Å². The monoisotopic (exact) mass is 742 g/mol. The van der Waals surface area contributed by atoms with Gasteiger partial charge in [0.25, 0.3) is 0 Å². The van der Waals surface area contributed by atoms with Crippen LogP contribution < -0.4 is 0 Å². The lowest BCUT2D eigenvalue weighted by Crippen LogP contribution is -2.68. The van der Waals surface area contributed by atoms with Crippen molar-refractivity contribution in [3.63, 3.8) is 0 Å². The quantitative estimate of drug-likeness (QED) is 0.156. The molecule has 0 unspecified atom stereocenters. The molecule has 0 bridgehead atoms. The van der Waals surface area contributed by atoms with E-state index in [4.69, 9.17) is 23.7 Å². The van der Waals surface area contributed by atoms with Gasteiger partial charge in [0.1, 0.15) is 41.1 Å². The number of hydrogen-bond donors (Lipinski definition) is 0. The molecule has 0 aromatic heterocycles. The van der Waals surface area contributed by atoms with Crippen LogP contribution in [0.15, 0.2) is 42.5 Å². The highest BCUT2D eigenvalue weighted by molar-refractivity contribution is 5.93. The van der Waals surface area contributed by atoms with Crippen molar-refractivity contribution in [3.8, 4) is 0 Å². The third kappa shape index (κ3) is 13.2. The van der Waals surface area contributed by atoms with Crippen molar-refractivity contribution in [1.29, 1.82) is 0 Å². The molecule has 3 rings (SSSR count). The van der Waals surface area contributed by atoms with Gasteiger partial charge in [-0.25, -0.2) is 14.4 Å². The first-order valence-corrected chi connectivity index (χ1v) is 18.1. The van der Waals surface area contributed by atoms with Crippen molar-refractivity contribution < 1.29 is 52.5 Å². The van der Waals surface area contributed by atoms with Crippen LogP contribution in [-0.2, 0) is 54.3 Å². The Kier molecular flexibility index (Phi) is 13.6. The van der Waals surface area contributed by atoms with Gasteiger partial charge in [-0.15, -0.1) is 0 Å². The lowest BCUT2D eigenvalue weighted by Gasteiger charge is -2.49. The van der Waals surface area contributed by atoms with Crippen LogP contribution in [0, 0.1) is 5.92 Å². The van der Waals surface area contributed by atoms with Crippen LogP contribution in [0.3, 0.4) is 0 Å². The SMILES string of the molecule is CC(C)(C)OC(=O)/C=C/[C@H]1C[C@H]2[C@@H](CC(=O)OC(C)(C)C)N(C(=O)OCc3ccccc3)[C@@H](CCC(=O)OC(C)(C)C)C(=O)N2[C@@H]1C(=O)OC(C)(C)C. The summed E-state index contributed by atoms with van der Waals surface area (Å²) in [6.45, 7) is 20.4. The molecule has 0 N–H and O–H groups in total. The lowest BCUT2D eigenvalue weighted by molar-refractivity contribution is -0.172. The maximum Gasteiger partial charge on any atom is 0.411 e. The number of nitrogens with zero attached hydrogens (tertiary/aromatic N) is 2. The summed E-state index contributed by atoms with van der Waals surface area (Å²) in [6, 6.07) is 4.41. The summed E-state index contributed by atoms with van der Waals surface area (Å²) < 4.78 is 28.2. The fraction of sp³-hybridized carbons (Fsp3) is 0.650. The van der Waals surface area contributed by atoms with Gasteiger partial charge < -0.3 is 28.6 Å². The second-order valence-electron chi connectivity index (χ2n) is 17.5. The Morgan fingerprint density at radius 3 is 1.85 bits per heavy atom. The topological polar surface area (TPSA) is 155 Å². The van der Waals surface area contributed by atoms with E-state index in [2.05, 4.69) is 0 Å². The average Bonchev–Trinajstić information content (AvgIpc) is 3.37. The average molecular weight is 743 g/mol. The molecule has 5 atom stereocenters. The van der Waals surface area contributed by atoms with Gasteiger partial charge in [0.15, 0.2) is 0 Å². The molecule has 1 aromatic rings. The van der Waals surface area contributed by atoms with Crippen LogP contribution in [0.1, 0.15) is 114 Å². The fourth-order valence-electron chi connectivity index (χ4n) is 6.41. The van der Waals surface area contributed by atoms with E-state index in [1.165, 1.54) is 22.0 Å². The molecule has 0 radical (unpaired) electrons. The van der Waals surface area contributed by atoms with Crippen LogP contribution in [0.25, 0.3) is 0 Å². The molecule has 2 saturated heterocycles. The summed E-state index contributed by atoms with van der Waals surface area (Å²) in [5, 5.41) is 0. The number of carbonyl (C=O) groups is 6. The van der Waals surface area contributed by atoms with Gasteiger partial charge >= 0.3 is 30.0 Å². The van der Waals surface area contributed by atoms with E-state index in [9.17, 15) is 28.8 Å². The predicted molar refractivity (Wildman–Crippen MR) is 195 cm³/mol. The second kappa shape index (κ2) is 16.7. The molecule has 13 heteroatoms. The third-order valence-corrected chi connectivity index (χ3v) is 8.04. The lowest BCUT2D eigenvalue weighted by atomic mass is 9.91. The Morgan fingerprint density at radius 1 is 0.755 bits per heavy atom. The minimum atomic E-state index is -1.34. The van der Waals surface area contributed by atoms with E-state index in [0.29, 0.717) is 5.56 Å². The normalized spacial score (nSPS) is 22.3. The maximum absolute atomic E-state index is 14.8. The molecule has 2 aliphatic rings. The largest absolute Gasteiger partial charge is 0.460 e. The number of fused-ring (bicyclic) bond motifs is 1. The zero-order chi connectivity index (χ0) is 40.1. The van der Waals surface area contributed by atoms with Crippen LogP contribution in [0.4, 0.5) is 4.79 Å². The zero-order valence-electron chi connectivity index (χ0n) is 33.3. The summed E-state index contributed by atoms with van der Waals surface area (Å²) in [6.07, 6.45) is 1.10. The number of rotatable bonds is 10. The van der Waals surface area contributed by atoms with E-state index in [-0.39, 0.29) is 32.3 Å². The number of piperazine rings is 1. The van der Waals surface area contributed by atoms with Crippen LogP contribution in [0.5, 0.6) is 0 Å². The van der Waals surface area contributed by atoms with Crippen molar-refractivity contribution in [2.24, 2.45) is 5.92 Å². The first kappa shape index (κ1) is 43.0. The summed E-state index contributed by atoms with van der Waals surface area (Å²) in [7, 11) is 0. The number of benzene rings is 1. The molecule has 0 saturated carbocycles. The highest BCUT2D eigenvalue weighted by Crippen LogP contribution is 2.42. The summed E-state index contributed by atoms with van der Waals surface area (Å²) >= 11 is 0. The standard InChI is InChI=1S/C40H58N2O11/c1-37(2,3)50-30(43)20-18-26-22-28-29(23-32(45)52-39(7,8)9)41(36(48)49-24-25-16-14-13-15-17-25)27(19-21-31(44)51-38(4,5)6)34(46)42(28)33(26)35(47)53-40(10,11)12/h13-18,20,26-29,33H,19,21-24H2,1-12H3/b20-18+/t26-,27-,28-,29+,33-/m0/s1. The molecule has 0 spiro atoms. The van der Waals surface area contributed by atoms with E-state index in [1.807, 2.05) is 6.07 Å². The maximum atomic E-state index is 14.8. The van der Waals surface area contributed by atoms with Crippen LogP contribution in [0.2, 0.25) is 0 Å². The number of ether oxygens (including phenoxy) is 5. The molecular formula is C40H58N2O11. The first-order valence-electron chi connectivity index (χ1n) is 18.1. The molecular weight excluding hydrogens is 684 g/mol. The summed E-state index contributed by atoms with van der Waals surface area (Å²) in [5.74, 6) is -4.04. The Labute approximate surface area is 313 Å². The first-order chi connectivity index (χ1) is 24.2. The van der Waals surface area contributed by atoms with E-state index < -0.39 is 88.4 Å². The van der Waals surface area contributed by atoms with E-state index >= 15 is 0 Å². The Balaban J connectivity index is 2.17. The smallest absolute Gasteiger partial charge is 0.411 e. The van der Waals surface area contributed by atoms with Crippen molar-refractivity contribution in [2.45, 2.75) is 162 Å². The molecule has 0 aliphatic carbocycles. The van der Waals surface area contributed by atoms with Gasteiger partial charge in [0.2, 0.25) is 5.91 Å². The van der Waals surface area contributed by atoms with Crippen molar-refractivity contribution in [2.75, 3.05) is 0 Å². The minimum absolute atomic E-state index is 0.0731. The van der Waals surface area contributed by atoms with Gasteiger partial charge in [0.05, 0.1) is 18.5 Å². The molecule has 13 nitrogen and oxygen atoms in total. The third-order valence-electron chi connectivity index (χ3n) is 8.04. The number of esters is 4. The van der Waals surface area contributed by atoms with Gasteiger partial charge in [0, 0.05) is 18.4 Å². The fourth-order valence-corrected chi connectivity index (χ4v) is 6.41.